The Balaban J connectivity index is 2.18. The summed E-state index contributed by atoms with van der Waals surface area (Å²) in [5.41, 5.74) is 0.445. The number of hydrogen-bond donors (Lipinski definition) is 1. The quantitative estimate of drug-likeness (QED) is 0.876. The Labute approximate surface area is 113 Å². The van der Waals surface area contributed by atoms with Crippen molar-refractivity contribution in [1.82, 2.24) is 10.2 Å². The average molecular weight is 265 g/mol. The van der Waals surface area contributed by atoms with Crippen molar-refractivity contribution in [3.8, 4) is 5.75 Å². The molecule has 1 aromatic rings. The molecule has 0 atom stereocenters. The summed E-state index contributed by atoms with van der Waals surface area (Å²) in [7, 11) is 3.95. The molecule has 0 saturated heterocycles. The first-order valence-electron chi connectivity index (χ1n) is 6.53. The molecule has 0 saturated carbocycles. The first-order chi connectivity index (χ1) is 9.18. The molecule has 0 unspecified atom stereocenters. The molecule has 1 aliphatic heterocycles. The summed E-state index contributed by atoms with van der Waals surface area (Å²) in [5.74, 6) is 0.856. The van der Waals surface area contributed by atoms with Crippen LogP contribution in [0.2, 0.25) is 0 Å². The third-order valence-electron chi connectivity index (χ3n) is 2.91. The molecular formula is C14H20FN3O. The van der Waals surface area contributed by atoms with Crippen molar-refractivity contribution in [2.24, 2.45) is 4.99 Å². The molecule has 0 fully saturated rings. The standard InChI is InChI=1S/C14H20FN3O/c1-18(2)9-10-19-12-6-3-5-11(15)13(12)14-16-7-4-8-17-14/h3,5-6H,4,7-10H2,1-2H3,(H,16,17). The van der Waals surface area contributed by atoms with Gasteiger partial charge in [0.15, 0.2) is 0 Å². The van der Waals surface area contributed by atoms with Gasteiger partial charge in [0.05, 0.1) is 5.56 Å². The van der Waals surface area contributed by atoms with Gasteiger partial charge >= 0.3 is 0 Å². The van der Waals surface area contributed by atoms with Gasteiger partial charge in [-0.15, -0.1) is 0 Å². The lowest BCUT2D eigenvalue weighted by Gasteiger charge is -2.19. The number of ether oxygens (including phenoxy) is 1. The van der Waals surface area contributed by atoms with Gasteiger partial charge in [0, 0.05) is 19.6 Å². The molecule has 0 spiro atoms. The number of halogens is 1. The van der Waals surface area contributed by atoms with Gasteiger partial charge in [0.25, 0.3) is 0 Å². The van der Waals surface area contributed by atoms with E-state index in [0.29, 0.717) is 23.8 Å². The molecule has 5 heteroatoms. The van der Waals surface area contributed by atoms with Crippen molar-refractivity contribution in [3.05, 3.63) is 29.6 Å². The first kappa shape index (κ1) is 13.8. The molecule has 104 valence electrons. The molecule has 1 heterocycles. The van der Waals surface area contributed by atoms with Crippen molar-refractivity contribution >= 4 is 5.84 Å². The maximum atomic E-state index is 14.0. The average Bonchev–Trinajstić information content (AvgIpc) is 2.39. The SMILES string of the molecule is CN(C)CCOc1cccc(F)c1C1=NCCCN1. The second kappa shape index (κ2) is 6.52. The fourth-order valence-corrected chi connectivity index (χ4v) is 1.89. The van der Waals surface area contributed by atoms with E-state index in [-0.39, 0.29) is 5.82 Å². The highest BCUT2D eigenvalue weighted by molar-refractivity contribution is 6.01. The van der Waals surface area contributed by atoms with Crippen LogP contribution in [-0.4, -0.2) is 51.1 Å². The van der Waals surface area contributed by atoms with E-state index >= 15 is 0 Å². The Morgan fingerprint density at radius 3 is 2.95 bits per heavy atom. The summed E-state index contributed by atoms with van der Waals surface area (Å²) >= 11 is 0. The van der Waals surface area contributed by atoms with Crippen LogP contribution in [-0.2, 0) is 0 Å². The lowest BCUT2D eigenvalue weighted by molar-refractivity contribution is 0.260. The smallest absolute Gasteiger partial charge is 0.137 e. The molecule has 1 N–H and O–H groups in total. The highest BCUT2D eigenvalue weighted by Crippen LogP contribution is 2.22. The summed E-state index contributed by atoms with van der Waals surface area (Å²) in [6.45, 7) is 2.87. The van der Waals surface area contributed by atoms with Crippen LogP contribution in [0.3, 0.4) is 0 Å². The topological polar surface area (TPSA) is 36.9 Å². The minimum Gasteiger partial charge on any atom is -0.491 e. The van der Waals surface area contributed by atoms with Crippen LogP contribution in [0.5, 0.6) is 5.75 Å². The summed E-state index contributed by atoms with van der Waals surface area (Å²) in [6.07, 6.45) is 0.981. The minimum absolute atomic E-state index is 0.296. The summed E-state index contributed by atoms with van der Waals surface area (Å²) < 4.78 is 19.7. The van der Waals surface area contributed by atoms with Crippen LogP contribution >= 0.6 is 0 Å². The van der Waals surface area contributed by atoms with Crippen LogP contribution < -0.4 is 10.1 Å². The fourth-order valence-electron chi connectivity index (χ4n) is 1.89. The summed E-state index contributed by atoms with van der Waals surface area (Å²) in [4.78, 5) is 6.36. The molecule has 2 rings (SSSR count). The fraction of sp³-hybridized carbons (Fsp3) is 0.500. The van der Waals surface area contributed by atoms with E-state index in [4.69, 9.17) is 4.74 Å². The maximum absolute atomic E-state index is 14.0. The predicted molar refractivity (Wildman–Crippen MR) is 74.5 cm³/mol. The zero-order valence-corrected chi connectivity index (χ0v) is 11.4. The Morgan fingerprint density at radius 2 is 2.26 bits per heavy atom. The lowest BCUT2D eigenvalue weighted by atomic mass is 10.1. The van der Waals surface area contributed by atoms with E-state index < -0.39 is 0 Å². The number of likely N-dealkylation sites (N-methyl/N-ethyl adjacent to an activating group) is 1. The van der Waals surface area contributed by atoms with E-state index in [1.807, 2.05) is 19.0 Å². The maximum Gasteiger partial charge on any atom is 0.137 e. The molecule has 1 aromatic carbocycles. The molecule has 0 bridgehead atoms. The number of nitrogens with one attached hydrogen (secondary N) is 1. The number of amidine groups is 1. The largest absolute Gasteiger partial charge is 0.491 e. The predicted octanol–water partition coefficient (Wildman–Crippen LogP) is 1.51. The molecule has 4 nitrogen and oxygen atoms in total. The van der Waals surface area contributed by atoms with E-state index in [1.54, 1.807) is 12.1 Å². The lowest BCUT2D eigenvalue weighted by Crippen LogP contribution is -2.31. The summed E-state index contributed by atoms with van der Waals surface area (Å²) in [5, 5.41) is 3.14. The van der Waals surface area contributed by atoms with Crippen molar-refractivity contribution in [3.63, 3.8) is 0 Å². The summed E-state index contributed by atoms with van der Waals surface area (Å²) in [6, 6.07) is 4.88. The highest BCUT2D eigenvalue weighted by atomic mass is 19.1. The van der Waals surface area contributed by atoms with Crippen molar-refractivity contribution < 1.29 is 9.13 Å². The van der Waals surface area contributed by atoms with E-state index in [0.717, 1.165) is 26.1 Å². The second-order valence-corrected chi connectivity index (χ2v) is 4.78. The van der Waals surface area contributed by atoms with Crippen LogP contribution in [0.4, 0.5) is 4.39 Å². The van der Waals surface area contributed by atoms with Crippen LogP contribution in [0.1, 0.15) is 12.0 Å². The highest BCUT2D eigenvalue weighted by Gasteiger charge is 2.17. The Hall–Kier alpha value is -1.62. The third kappa shape index (κ3) is 3.67. The van der Waals surface area contributed by atoms with Gasteiger partial charge in [-0.25, -0.2) is 4.39 Å². The monoisotopic (exact) mass is 265 g/mol. The molecule has 1 aliphatic rings. The second-order valence-electron chi connectivity index (χ2n) is 4.78. The molecule has 19 heavy (non-hydrogen) atoms. The number of nitrogens with zero attached hydrogens (tertiary/aromatic N) is 2. The van der Waals surface area contributed by atoms with Crippen LogP contribution in [0, 0.1) is 5.82 Å². The molecule has 0 amide bonds. The van der Waals surface area contributed by atoms with E-state index in [1.165, 1.54) is 6.07 Å². The van der Waals surface area contributed by atoms with Gasteiger partial charge in [-0.2, -0.15) is 0 Å². The number of aliphatic imine (C=N–C) groups is 1. The van der Waals surface area contributed by atoms with Crippen molar-refractivity contribution in [2.75, 3.05) is 40.3 Å². The minimum atomic E-state index is -0.296. The molecular weight excluding hydrogens is 245 g/mol. The number of benzene rings is 1. The van der Waals surface area contributed by atoms with Gasteiger partial charge in [0.1, 0.15) is 24.0 Å². The van der Waals surface area contributed by atoms with Gasteiger partial charge in [0.2, 0.25) is 0 Å². The van der Waals surface area contributed by atoms with Gasteiger partial charge in [-0.05, 0) is 32.6 Å². The van der Waals surface area contributed by atoms with Gasteiger partial charge in [-0.3, -0.25) is 4.99 Å². The molecule has 0 aliphatic carbocycles. The van der Waals surface area contributed by atoms with E-state index in [2.05, 4.69) is 10.3 Å². The molecule has 0 radical (unpaired) electrons. The Kier molecular flexibility index (Phi) is 4.74. The third-order valence-corrected chi connectivity index (χ3v) is 2.91. The number of hydrogen-bond acceptors (Lipinski definition) is 4. The van der Waals surface area contributed by atoms with Gasteiger partial charge in [-0.1, -0.05) is 6.07 Å². The Morgan fingerprint density at radius 1 is 1.42 bits per heavy atom. The van der Waals surface area contributed by atoms with Crippen LogP contribution in [0.15, 0.2) is 23.2 Å². The zero-order valence-electron chi connectivity index (χ0n) is 11.4. The first-order valence-corrected chi connectivity index (χ1v) is 6.53. The van der Waals surface area contributed by atoms with Gasteiger partial charge < -0.3 is 15.0 Å². The van der Waals surface area contributed by atoms with E-state index in [9.17, 15) is 4.39 Å². The normalized spacial score (nSPS) is 15.1. The number of rotatable bonds is 5. The van der Waals surface area contributed by atoms with Crippen molar-refractivity contribution in [1.29, 1.82) is 0 Å². The molecule has 0 aromatic heterocycles. The van der Waals surface area contributed by atoms with Crippen LogP contribution in [0.25, 0.3) is 0 Å². The van der Waals surface area contributed by atoms with Crippen molar-refractivity contribution in [2.45, 2.75) is 6.42 Å². The Bertz CT molecular complexity index is 460. The zero-order chi connectivity index (χ0) is 13.7.